The van der Waals surface area contributed by atoms with Gasteiger partial charge in [-0.1, -0.05) is 56.3 Å². The van der Waals surface area contributed by atoms with Gasteiger partial charge in [-0.05, 0) is 41.7 Å². The number of para-hydroxylation sites is 1. The molecule has 4 aliphatic rings. The first-order chi connectivity index (χ1) is 25.2. The van der Waals surface area contributed by atoms with E-state index in [1.807, 2.05) is 56.4 Å². The zero-order valence-corrected chi connectivity index (χ0v) is 28.0. The van der Waals surface area contributed by atoms with Crippen molar-refractivity contribution < 1.29 is 33.1 Å². The third kappa shape index (κ3) is 4.17. The van der Waals surface area contributed by atoms with Crippen LogP contribution in [0.5, 0.6) is 5.75 Å². The highest BCUT2D eigenvalue weighted by atomic mass is 16.5. The lowest BCUT2D eigenvalue weighted by Crippen LogP contribution is -2.40. The molecular formula is C40H31N5O7. The van der Waals surface area contributed by atoms with E-state index in [0.717, 1.165) is 62.1 Å². The number of hydrogen-bond donors (Lipinski definition) is 4. The van der Waals surface area contributed by atoms with E-state index in [4.69, 9.17) is 28.6 Å². The molecule has 0 saturated carbocycles. The van der Waals surface area contributed by atoms with Gasteiger partial charge < -0.3 is 34.3 Å². The number of aliphatic carboxylic acids is 1. The van der Waals surface area contributed by atoms with Crippen molar-refractivity contribution in [2.75, 3.05) is 5.32 Å². The minimum atomic E-state index is -1.24. The van der Waals surface area contributed by atoms with Gasteiger partial charge in [-0.3, -0.25) is 9.59 Å². The van der Waals surface area contributed by atoms with Gasteiger partial charge in [-0.15, -0.1) is 0 Å². The number of carbonyl (C=O) groups excluding carboxylic acids is 2. The second kappa shape index (κ2) is 10.8. The van der Waals surface area contributed by atoms with Crippen LogP contribution in [0.15, 0.2) is 88.0 Å². The van der Waals surface area contributed by atoms with Crippen LogP contribution in [0.2, 0.25) is 0 Å². The number of anilines is 1. The van der Waals surface area contributed by atoms with Gasteiger partial charge in [-0.2, -0.15) is 0 Å². The Morgan fingerprint density at radius 2 is 1.87 bits per heavy atom. The molecule has 52 heavy (non-hydrogen) atoms. The van der Waals surface area contributed by atoms with Gasteiger partial charge in [0.25, 0.3) is 0 Å². The number of fused-ring (bicyclic) bond motifs is 7. The molecule has 2 unspecified atom stereocenters. The maximum Gasteiger partial charge on any atom is 0.328 e. The van der Waals surface area contributed by atoms with Crippen molar-refractivity contribution in [1.82, 2.24) is 20.3 Å². The summed E-state index contributed by atoms with van der Waals surface area (Å²) in [4.78, 5) is 51.5. The van der Waals surface area contributed by atoms with Crippen LogP contribution in [-0.2, 0) is 26.2 Å². The van der Waals surface area contributed by atoms with Gasteiger partial charge >= 0.3 is 5.97 Å². The number of carboxylic acid groups (broad SMARTS) is 1. The van der Waals surface area contributed by atoms with Crippen LogP contribution in [-0.4, -0.2) is 43.9 Å². The summed E-state index contributed by atoms with van der Waals surface area (Å²) in [5, 5.41) is 17.0. The Hall–Kier alpha value is -6.43. The Bertz CT molecular complexity index is 2560. The molecule has 258 valence electrons. The lowest BCUT2D eigenvalue weighted by atomic mass is 9.72. The van der Waals surface area contributed by atoms with E-state index in [2.05, 4.69) is 33.8 Å². The Kier molecular flexibility index (Phi) is 6.31. The summed E-state index contributed by atoms with van der Waals surface area (Å²) >= 11 is 0. The first-order valence-corrected chi connectivity index (χ1v) is 17.2. The van der Waals surface area contributed by atoms with Crippen LogP contribution in [0.3, 0.4) is 0 Å². The first kappa shape index (κ1) is 30.4. The molecule has 3 aromatic heterocycles. The number of rotatable bonds is 5. The van der Waals surface area contributed by atoms with Gasteiger partial charge in [-0.25, -0.2) is 14.8 Å². The topological polar surface area (TPSA) is 173 Å². The SMILES string of the molecule is CC(C)[C@@H]1NC(=O)C(CC(=O)/C=C/C(=O)O)Cc2ccc3c(c2)[C@]24c5cccc(c5NC2O3)-c2cccc3[nH]cc(c23)-c2cnc(o2)-c2nc1oc24. The Balaban J connectivity index is 1.27. The minimum Gasteiger partial charge on any atom is -0.478 e. The smallest absolute Gasteiger partial charge is 0.328 e. The third-order valence-corrected chi connectivity index (χ3v) is 10.8. The van der Waals surface area contributed by atoms with Gasteiger partial charge in [0.1, 0.15) is 17.2 Å². The van der Waals surface area contributed by atoms with Gasteiger partial charge in [0, 0.05) is 63.5 Å². The number of nitrogens with one attached hydrogen (secondary N) is 3. The molecule has 1 spiro atoms. The third-order valence-electron chi connectivity index (χ3n) is 10.8. The zero-order chi connectivity index (χ0) is 35.5. The molecule has 10 bridgehead atoms. The second-order valence-electron chi connectivity index (χ2n) is 14.2. The molecule has 0 saturated heterocycles. The summed E-state index contributed by atoms with van der Waals surface area (Å²) in [7, 11) is 0. The van der Waals surface area contributed by atoms with Gasteiger partial charge in [0.2, 0.25) is 17.7 Å². The highest BCUT2D eigenvalue weighted by Crippen LogP contribution is 2.61. The number of aromatic amines is 1. The number of aromatic nitrogens is 3. The number of ketones is 1. The second-order valence-corrected chi connectivity index (χ2v) is 14.2. The predicted molar refractivity (Wildman–Crippen MR) is 188 cm³/mol. The van der Waals surface area contributed by atoms with E-state index in [0.29, 0.717) is 23.0 Å². The number of carboxylic acids is 1. The molecule has 4 N–H and O–H groups in total. The normalized spacial score (nSPS) is 22.0. The fourth-order valence-electron chi connectivity index (χ4n) is 8.45. The average molecular weight is 694 g/mol. The summed E-state index contributed by atoms with van der Waals surface area (Å²) in [6.45, 7) is 3.91. The van der Waals surface area contributed by atoms with E-state index in [-0.39, 0.29) is 36.4 Å². The van der Waals surface area contributed by atoms with Crippen molar-refractivity contribution in [3.63, 3.8) is 0 Å². The van der Waals surface area contributed by atoms with Crippen molar-refractivity contribution in [2.24, 2.45) is 11.8 Å². The number of carbonyl (C=O) groups is 3. The van der Waals surface area contributed by atoms with E-state index in [1.165, 1.54) is 0 Å². The fourth-order valence-corrected chi connectivity index (χ4v) is 8.45. The highest BCUT2D eigenvalue weighted by molar-refractivity contribution is 6.07. The molecule has 7 heterocycles. The maximum atomic E-state index is 14.1. The van der Waals surface area contributed by atoms with E-state index in [9.17, 15) is 14.4 Å². The van der Waals surface area contributed by atoms with Crippen molar-refractivity contribution in [1.29, 1.82) is 0 Å². The Morgan fingerprint density at radius 1 is 1.02 bits per heavy atom. The summed E-state index contributed by atoms with van der Waals surface area (Å²) in [5.74, 6) is -0.898. The van der Waals surface area contributed by atoms with Gasteiger partial charge in [0.05, 0.1) is 6.20 Å². The minimum absolute atomic E-state index is 0.179. The molecule has 0 fully saturated rings. The molecule has 10 rings (SSSR count). The molecule has 6 aromatic rings. The number of ether oxygens (including phenoxy) is 1. The molecule has 0 aliphatic carbocycles. The molecule has 1 amide bonds. The molecular weight excluding hydrogens is 662 g/mol. The molecule has 3 aromatic carbocycles. The molecule has 12 nitrogen and oxygen atoms in total. The number of oxazole rings is 2. The van der Waals surface area contributed by atoms with Crippen molar-refractivity contribution in [3.8, 4) is 39.8 Å². The number of allylic oxidation sites excluding steroid dienone is 1. The maximum absolute atomic E-state index is 14.1. The van der Waals surface area contributed by atoms with Crippen LogP contribution in [0.1, 0.15) is 54.7 Å². The van der Waals surface area contributed by atoms with Crippen molar-refractivity contribution in [3.05, 3.63) is 107 Å². The number of nitrogens with zero attached hydrogens (tertiary/aromatic N) is 2. The van der Waals surface area contributed by atoms with E-state index in [1.54, 1.807) is 6.20 Å². The number of hydrogen-bond acceptors (Lipinski definition) is 9. The largest absolute Gasteiger partial charge is 0.478 e. The summed E-state index contributed by atoms with van der Waals surface area (Å²) in [6.07, 6.45) is 4.79. The lowest BCUT2D eigenvalue weighted by Gasteiger charge is -2.28. The standard InChI is InChI=1S/C40H31N5O7/c1-18(2)32-38-44-34-35(52-38)40-25-7-3-6-23(22-5-4-8-27-31(22)24(16-41-27)29-17-42-37(34)50-29)33(25)45-39(40)51-28-11-9-19(14-26(28)40)13-20(36(49)43-32)15-21(46)10-12-30(47)48/h3-12,14,16-18,20,32,39,41,45H,13,15H2,1-2H3,(H,43,49)(H,47,48)/b12-10+/t20?,32-,39?,40-/m0/s1. The Labute approximate surface area is 295 Å². The monoisotopic (exact) mass is 693 g/mol. The average Bonchev–Trinajstić information content (AvgIpc) is 3.95. The fraction of sp³-hybridized carbons (Fsp3) is 0.225. The van der Waals surface area contributed by atoms with E-state index >= 15 is 0 Å². The van der Waals surface area contributed by atoms with Crippen LogP contribution in [0, 0.1) is 11.8 Å². The number of H-pyrrole nitrogens is 1. The zero-order valence-electron chi connectivity index (χ0n) is 28.0. The van der Waals surface area contributed by atoms with Crippen LogP contribution in [0.25, 0.3) is 44.9 Å². The summed E-state index contributed by atoms with van der Waals surface area (Å²) < 4.78 is 20.3. The van der Waals surface area contributed by atoms with Crippen LogP contribution < -0.4 is 15.4 Å². The number of amides is 1. The quantitative estimate of drug-likeness (QED) is 0.146. The summed E-state index contributed by atoms with van der Waals surface area (Å²) in [5.41, 5.74) is 6.51. The molecule has 0 radical (unpaired) electrons. The van der Waals surface area contributed by atoms with Crippen molar-refractivity contribution >= 4 is 34.3 Å². The van der Waals surface area contributed by atoms with Crippen LogP contribution >= 0.6 is 0 Å². The molecule has 12 heteroatoms. The predicted octanol–water partition coefficient (Wildman–Crippen LogP) is 6.52. The molecule has 4 aliphatic heterocycles. The van der Waals surface area contributed by atoms with Crippen molar-refractivity contribution in [2.45, 2.75) is 44.4 Å². The lowest BCUT2D eigenvalue weighted by molar-refractivity contribution is -0.131. The summed E-state index contributed by atoms with van der Waals surface area (Å²) in [6, 6.07) is 17.5. The van der Waals surface area contributed by atoms with Crippen LogP contribution in [0.4, 0.5) is 5.69 Å². The highest BCUT2D eigenvalue weighted by Gasteiger charge is 2.61. The van der Waals surface area contributed by atoms with Gasteiger partial charge in [0.15, 0.2) is 29.2 Å². The first-order valence-electron chi connectivity index (χ1n) is 17.2. The Morgan fingerprint density at radius 3 is 2.71 bits per heavy atom. The molecule has 4 atom stereocenters. The number of benzene rings is 3. The van der Waals surface area contributed by atoms with E-state index < -0.39 is 35.4 Å².